The van der Waals surface area contributed by atoms with E-state index in [1.807, 2.05) is 0 Å². The number of hydrogen-bond acceptors (Lipinski definition) is 3. The molecule has 1 aromatic rings. The highest BCUT2D eigenvalue weighted by Gasteiger charge is 2.18. The highest BCUT2D eigenvalue weighted by Crippen LogP contribution is 2.23. The lowest BCUT2D eigenvalue weighted by Crippen LogP contribution is -2.46. The molecule has 0 aromatic carbocycles. The number of furan rings is 1. The molecule has 0 saturated heterocycles. The minimum atomic E-state index is -0.198. The first-order valence-electron chi connectivity index (χ1n) is 7.98. The summed E-state index contributed by atoms with van der Waals surface area (Å²) >= 11 is 0. The molecule has 0 unspecified atom stereocenters. The van der Waals surface area contributed by atoms with Crippen molar-refractivity contribution >= 4 is 11.9 Å². The first kappa shape index (κ1) is 16.4. The molecule has 3 N–H and O–H groups in total. The van der Waals surface area contributed by atoms with Gasteiger partial charge in [0.2, 0.25) is 0 Å². The van der Waals surface area contributed by atoms with Crippen LogP contribution < -0.4 is 16.0 Å². The van der Waals surface area contributed by atoms with Crippen LogP contribution >= 0.6 is 0 Å². The van der Waals surface area contributed by atoms with Crippen LogP contribution in [0.25, 0.3) is 0 Å². The topological polar surface area (TPSA) is 78.7 Å². The summed E-state index contributed by atoms with van der Waals surface area (Å²) in [4.78, 5) is 15.9. The molecule has 1 heterocycles. The molecule has 1 aromatic heterocycles. The molecule has 1 fully saturated rings. The Labute approximate surface area is 131 Å². The Morgan fingerprint density at radius 2 is 2.00 bits per heavy atom. The minimum absolute atomic E-state index is 0.198. The summed E-state index contributed by atoms with van der Waals surface area (Å²) in [5, 5.41) is 9.47. The van der Waals surface area contributed by atoms with Gasteiger partial charge in [0.25, 0.3) is 5.91 Å². The van der Waals surface area contributed by atoms with Crippen molar-refractivity contribution in [2.75, 3.05) is 20.1 Å². The van der Waals surface area contributed by atoms with Crippen molar-refractivity contribution in [1.82, 2.24) is 16.0 Å². The summed E-state index contributed by atoms with van der Waals surface area (Å²) in [6, 6.07) is 3.84. The highest BCUT2D eigenvalue weighted by molar-refractivity contribution is 5.91. The number of carbonyl (C=O) groups excluding carboxylic acids is 1. The van der Waals surface area contributed by atoms with Gasteiger partial charge in [-0.3, -0.25) is 9.79 Å². The number of guanidine groups is 1. The standard InChI is InChI=1S/C16H26N4O2/c1-12-5-7-13(8-6-12)20-16(17-2)19-10-9-18-15(21)14-4-3-11-22-14/h3-4,11-13H,5-10H2,1-2H3,(H,18,21)(H2,17,19,20). The molecule has 1 amide bonds. The van der Waals surface area contributed by atoms with Crippen LogP contribution in [-0.2, 0) is 0 Å². The maximum atomic E-state index is 11.7. The fourth-order valence-electron chi connectivity index (χ4n) is 2.64. The van der Waals surface area contributed by atoms with Crippen molar-refractivity contribution in [3.63, 3.8) is 0 Å². The molecule has 1 aliphatic carbocycles. The molecule has 0 atom stereocenters. The molecular formula is C16H26N4O2. The molecule has 2 rings (SSSR count). The summed E-state index contributed by atoms with van der Waals surface area (Å²) in [6.45, 7) is 3.45. The van der Waals surface area contributed by atoms with E-state index < -0.39 is 0 Å². The zero-order chi connectivity index (χ0) is 15.8. The predicted molar refractivity (Wildman–Crippen MR) is 87.0 cm³/mol. The average Bonchev–Trinajstić information content (AvgIpc) is 3.06. The van der Waals surface area contributed by atoms with Crippen LogP contribution in [0.3, 0.4) is 0 Å². The maximum absolute atomic E-state index is 11.7. The number of nitrogens with one attached hydrogen (secondary N) is 3. The van der Waals surface area contributed by atoms with Gasteiger partial charge in [-0.05, 0) is 43.7 Å². The quantitative estimate of drug-likeness (QED) is 0.440. The molecule has 1 saturated carbocycles. The summed E-state index contributed by atoms with van der Waals surface area (Å²) in [5.74, 6) is 1.77. The van der Waals surface area contributed by atoms with E-state index >= 15 is 0 Å². The summed E-state index contributed by atoms with van der Waals surface area (Å²) in [6.07, 6.45) is 6.42. The molecule has 22 heavy (non-hydrogen) atoms. The molecule has 6 heteroatoms. The van der Waals surface area contributed by atoms with Crippen LogP contribution in [0.1, 0.15) is 43.2 Å². The van der Waals surface area contributed by atoms with E-state index in [1.165, 1.54) is 31.9 Å². The van der Waals surface area contributed by atoms with Gasteiger partial charge in [0, 0.05) is 26.2 Å². The molecule has 122 valence electrons. The van der Waals surface area contributed by atoms with Crippen LogP contribution in [-0.4, -0.2) is 38.0 Å². The Morgan fingerprint density at radius 1 is 1.27 bits per heavy atom. The van der Waals surface area contributed by atoms with Gasteiger partial charge in [-0.25, -0.2) is 0 Å². The van der Waals surface area contributed by atoms with E-state index in [4.69, 9.17) is 4.42 Å². The Morgan fingerprint density at radius 3 is 2.64 bits per heavy atom. The molecule has 0 spiro atoms. The van der Waals surface area contributed by atoms with Crippen molar-refractivity contribution in [1.29, 1.82) is 0 Å². The Bertz CT molecular complexity index is 476. The summed E-state index contributed by atoms with van der Waals surface area (Å²) in [7, 11) is 1.77. The van der Waals surface area contributed by atoms with Gasteiger partial charge in [-0.1, -0.05) is 6.92 Å². The van der Waals surface area contributed by atoms with Crippen molar-refractivity contribution in [3.8, 4) is 0 Å². The number of aliphatic imine (C=N–C) groups is 1. The van der Waals surface area contributed by atoms with Crippen LogP contribution in [0.15, 0.2) is 27.8 Å². The lowest BCUT2D eigenvalue weighted by Gasteiger charge is -2.28. The second kappa shape index (κ2) is 8.46. The van der Waals surface area contributed by atoms with E-state index in [2.05, 4.69) is 27.9 Å². The van der Waals surface area contributed by atoms with Gasteiger partial charge in [0.15, 0.2) is 11.7 Å². The van der Waals surface area contributed by atoms with E-state index in [1.54, 1.807) is 19.2 Å². The SMILES string of the molecule is CN=C(NCCNC(=O)c1ccco1)NC1CCC(C)CC1. The summed E-state index contributed by atoms with van der Waals surface area (Å²) in [5.41, 5.74) is 0. The molecule has 1 aliphatic rings. The normalized spacial score (nSPS) is 22.2. The zero-order valence-corrected chi connectivity index (χ0v) is 13.4. The van der Waals surface area contributed by atoms with E-state index in [9.17, 15) is 4.79 Å². The number of rotatable bonds is 5. The number of nitrogens with zero attached hydrogens (tertiary/aromatic N) is 1. The van der Waals surface area contributed by atoms with Gasteiger partial charge in [0.05, 0.1) is 6.26 Å². The monoisotopic (exact) mass is 306 g/mol. The Kier molecular flexibility index (Phi) is 6.30. The fraction of sp³-hybridized carbons (Fsp3) is 0.625. The Balaban J connectivity index is 1.63. The number of carbonyl (C=O) groups is 1. The highest BCUT2D eigenvalue weighted by atomic mass is 16.3. The summed E-state index contributed by atoms with van der Waals surface area (Å²) < 4.78 is 5.04. The first-order valence-corrected chi connectivity index (χ1v) is 7.98. The van der Waals surface area contributed by atoms with Crippen molar-refractivity contribution in [3.05, 3.63) is 24.2 Å². The van der Waals surface area contributed by atoms with Crippen LogP contribution in [0.2, 0.25) is 0 Å². The average molecular weight is 306 g/mol. The second-order valence-corrected chi connectivity index (χ2v) is 5.83. The zero-order valence-electron chi connectivity index (χ0n) is 13.4. The van der Waals surface area contributed by atoms with E-state index in [0.717, 1.165) is 11.9 Å². The molecular weight excluding hydrogens is 280 g/mol. The molecule has 0 bridgehead atoms. The predicted octanol–water partition coefficient (Wildman–Crippen LogP) is 1.75. The van der Waals surface area contributed by atoms with Gasteiger partial charge in [-0.2, -0.15) is 0 Å². The molecule has 0 radical (unpaired) electrons. The number of hydrogen-bond donors (Lipinski definition) is 3. The molecule has 6 nitrogen and oxygen atoms in total. The van der Waals surface area contributed by atoms with Crippen LogP contribution in [0.4, 0.5) is 0 Å². The van der Waals surface area contributed by atoms with Gasteiger partial charge in [0.1, 0.15) is 0 Å². The second-order valence-electron chi connectivity index (χ2n) is 5.83. The maximum Gasteiger partial charge on any atom is 0.287 e. The third-order valence-electron chi connectivity index (χ3n) is 4.03. The van der Waals surface area contributed by atoms with Crippen LogP contribution in [0, 0.1) is 5.92 Å². The number of amides is 1. The van der Waals surface area contributed by atoms with Gasteiger partial charge < -0.3 is 20.4 Å². The van der Waals surface area contributed by atoms with Gasteiger partial charge >= 0.3 is 0 Å². The van der Waals surface area contributed by atoms with Gasteiger partial charge in [-0.15, -0.1) is 0 Å². The lowest BCUT2D eigenvalue weighted by molar-refractivity contribution is 0.0926. The first-order chi connectivity index (χ1) is 10.7. The van der Waals surface area contributed by atoms with E-state index in [-0.39, 0.29) is 5.91 Å². The van der Waals surface area contributed by atoms with Crippen molar-refractivity contribution < 1.29 is 9.21 Å². The van der Waals surface area contributed by atoms with Crippen molar-refractivity contribution in [2.45, 2.75) is 38.6 Å². The van der Waals surface area contributed by atoms with Crippen molar-refractivity contribution in [2.24, 2.45) is 10.9 Å². The fourth-order valence-corrected chi connectivity index (χ4v) is 2.64. The lowest BCUT2D eigenvalue weighted by atomic mass is 9.87. The smallest absolute Gasteiger partial charge is 0.287 e. The molecule has 0 aliphatic heterocycles. The largest absolute Gasteiger partial charge is 0.459 e. The third kappa shape index (κ3) is 5.09. The van der Waals surface area contributed by atoms with Crippen LogP contribution in [0.5, 0.6) is 0 Å². The minimum Gasteiger partial charge on any atom is -0.459 e. The third-order valence-corrected chi connectivity index (χ3v) is 4.03. The van der Waals surface area contributed by atoms with E-state index in [0.29, 0.717) is 24.9 Å². The Hall–Kier alpha value is -1.98.